The van der Waals surface area contributed by atoms with E-state index in [1.54, 1.807) is 29.9 Å². The second-order valence-electron chi connectivity index (χ2n) is 7.36. The van der Waals surface area contributed by atoms with Crippen LogP contribution in [0.4, 0.5) is 5.13 Å². The molecule has 1 unspecified atom stereocenters. The lowest BCUT2D eigenvalue weighted by Gasteiger charge is -2.49. The van der Waals surface area contributed by atoms with Gasteiger partial charge in [-0.2, -0.15) is 0 Å². The fourth-order valence-electron chi connectivity index (χ4n) is 3.40. The molecule has 1 saturated heterocycles. The van der Waals surface area contributed by atoms with Crippen LogP contribution in [0.15, 0.2) is 51.1 Å². The third kappa shape index (κ3) is 5.88. The van der Waals surface area contributed by atoms with Crippen molar-refractivity contribution in [3.8, 4) is 12.3 Å². The molecule has 12 nitrogen and oxygen atoms in total. The monoisotopic (exact) mass is 570 g/mol. The van der Waals surface area contributed by atoms with Gasteiger partial charge >= 0.3 is 5.97 Å². The number of aromatic nitrogens is 2. The highest BCUT2D eigenvalue weighted by molar-refractivity contribution is 8.08. The third-order valence-corrected chi connectivity index (χ3v) is 8.16. The Balaban J connectivity index is 1.49. The van der Waals surface area contributed by atoms with Crippen molar-refractivity contribution in [1.29, 1.82) is 0 Å². The average molecular weight is 571 g/mol. The fourth-order valence-corrected chi connectivity index (χ4v) is 6.41. The highest BCUT2D eigenvalue weighted by atomic mass is 32.2. The molecule has 4 rings (SSSR count). The number of oxime groups is 1. The normalized spacial score (nSPS) is 18.9. The number of nitrogens with zero attached hydrogens (tertiary/aromatic N) is 4. The molecule has 0 bridgehead atoms. The van der Waals surface area contributed by atoms with Crippen molar-refractivity contribution >= 4 is 76.0 Å². The number of thiazole rings is 1. The van der Waals surface area contributed by atoms with Gasteiger partial charge in [0.2, 0.25) is 6.41 Å². The molecule has 0 spiro atoms. The molecule has 1 fully saturated rings. The predicted octanol–water partition coefficient (Wildman–Crippen LogP) is 1.56. The number of carbonyl (C=O) groups excluding carboxylic acids is 3. The van der Waals surface area contributed by atoms with Gasteiger partial charge in [0, 0.05) is 28.4 Å². The summed E-state index contributed by atoms with van der Waals surface area (Å²) in [6, 6.07) is 2.64. The van der Waals surface area contributed by atoms with Crippen LogP contribution in [0.5, 0.6) is 0 Å². The number of carbonyl (C=O) groups is 4. The quantitative estimate of drug-likeness (QED) is 0.0902. The molecule has 15 heteroatoms. The summed E-state index contributed by atoms with van der Waals surface area (Å²) in [5.74, 6) is -0.0521. The van der Waals surface area contributed by atoms with Gasteiger partial charge in [-0.25, -0.2) is 9.78 Å². The van der Waals surface area contributed by atoms with Crippen LogP contribution in [0.2, 0.25) is 0 Å². The van der Waals surface area contributed by atoms with Crippen LogP contribution < -0.4 is 10.6 Å². The lowest BCUT2D eigenvalue weighted by atomic mass is 10.0. The molecule has 0 aliphatic carbocycles. The zero-order valence-electron chi connectivity index (χ0n) is 19.3. The number of carboxylic acids is 1. The van der Waals surface area contributed by atoms with E-state index in [4.69, 9.17) is 11.3 Å². The van der Waals surface area contributed by atoms with Crippen molar-refractivity contribution in [2.24, 2.45) is 5.16 Å². The van der Waals surface area contributed by atoms with Crippen LogP contribution in [0.1, 0.15) is 11.3 Å². The van der Waals surface area contributed by atoms with E-state index >= 15 is 0 Å². The molecule has 0 saturated carbocycles. The molecule has 2 aliphatic rings. The largest absolute Gasteiger partial charge is 0.477 e. The number of hydrogen-bond acceptors (Lipinski definition) is 11. The summed E-state index contributed by atoms with van der Waals surface area (Å²) in [7, 11) is 0. The molecular weight excluding hydrogens is 552 g/mol. The van der Waals surface area contributed by atoms with E-state index in [1.165, 1.54) is 33.8 Å². The number of hydrogen-bond donors (Lipinski definition) is 3. The van der Waals surface area contributed by atoms with Crippen molar-refractivity contribution in [3.05, 3.63) is 57.2 Å². The fraction of sp³-hybridized carbons (Fsp3) is 0.174. The number of pyridine rings is 1. The van der Waals surface area contributed by atoms with Gasteiger partial charge in [-0.3, -0.25) is 24.3 Å². The van der Waals surface area contributed by atoms with Gasteiger partial charge in [-0.1, -0.05) is 28.9 Å². The standard InChI is InChI=1S/C23H18N6O6S3/c1-2-7-35-28-16(14-10-38-23(26-14)25-12-30)19(31)27-17-20(32)29-18(22(33)34)15(11-37-21(17)29)36-8-5-13-4-3-6-24-9-13/h1,3-6,8-10,12,17,21H,7,11H2,(H,27,31)(H,33,34)(H,25,26,30)/b8-5-,28-16-/t17?,21-/m1/s1. The SMILES string of the molecule is C#CCO/N=C(\C(=O)NC1C(=O)N2C(C(=O)O)=C(S/C=C\c3cccnc3)CS[C@H]12)c1csc(NC=O)n1. The van der Waals surface area contributed by atoms with Crippen molar-refractivity contribution in [1.82, 2.24) is 20.2 Å². The molecule has 4 heterocycles. The maximum Gasteiger partial charge on any atom is 0.353 e. The summed E-state index contributed by atoms with van der Waals surface area (Å²) in [5, 5.41) is 21.4. The number of fused-ring (bicyclic) bond motifs is 1. The first-order valence-corrected chi connectivity index (χ1v) is 13.5. The highest BCUT2D eigenvalue weighted by Crippen LogP contribution is 2.43. The first-order valence-electron chi connectivity index (χ1n) is 10.7. The Morgan fingerprint density at radius 1 is 1.45 bits per heavy atom. The Bertz CT molecular complexity index is 1380. The first kappa shape index (κ1) is 26.9. The summed E-state index contributed by atoms with van der Waals surface area (Å²) in [6.45, 7) is -0.211. The van der Waals surface area contributed by atoms with Gasteiger partial charge in [0.1, 0.15) is 22.8 Å². The van der Waals surface area contributed by atoms with Gasteiger partial charge in [-0.05, 0) is 23.1 Å². The summed E-state index contributed by atoms with van der Waals surface area (Å²) in [5.41, 5.74) is 0.562. The van der Waals surface area contributed by atoms with Crippen LogP contribution in [-0.2, 0) is 24.0 Å². The number of terminal acetylenes is 1. The Kier molecular flexibility index (Phi) is 8.79. The number of nitrogens with one attached hydrogen (secondary N) is 2. The maximum atomic E-state index is 13.1. The number of β-lactam (4-membered cyclic amide) rings is 1. The average Bonchev–Trinajstić information content (AvgIpc) is 3.38. The third-order valence-electron chi connectivity index (χ3n) is 5.03. The van der Waals surface area contributed by atoms with E-state index in [1.807, 2.05) is 6.07 Å². The zero-order valence-corrected chi connectivity index (χ0v) is 21.7. The molecule has 0 radical (unpaired) electrons. The van der Waals surface area contributed by atoms with Gasteiger partial charge < -0.3 is 20.6 Å². The Hall–Kier alpha value is -4.13. The van der Waals surface area contributed by atoms with Crippen LogP contribution in [0.25, 0.3) is 6.08 Å². The first-order chi connectivity index (χ1) is 18.4. The van der Waals surface area contributed by atoms with Crippen molar-refractivity contribution in [2.45, 2.75) is 11.4 Å². The van der Waals surface area contributed by atoms with Crippen molar-refractivity contribution in [3.63, 3.8) is 0 Å². The van der Waals surface area contributed by atoms with Crippen LogP contribution in [0.3, 0.4) is 0 Å². The number of amides is 3. The van der Waals surface area contributed by atoms with E-state index < -0.39 is 29.2 Å². The van der Waals surface area contributed by atoms with Gasteiger partial charge in [-0.15, -0.1) is 29.5 Å². The minimum atomic E-state index is -1.24. The molecule has 2 atom stereocenters. The number of thioether (sulfide) groups is 2. The number of rotatable bonds is 11. The smallest absolute Gasteiger partial charge is 0.353 e. The molecule has 194 valence electrons. The highest BCUT2D eigenvalue weighted by Gasteiger charge is 2.54. The number of carboxylic acid groups (broad SMARTS) is 1. The van der Waals surface area contributed by atoms with Gasteiger partial charge in [0.25, 0.3) is 11.8 Å². The minimum Gasteiger partial charge on any atom is -0.477 e. The summed E-state index contributed by atoms with van der Waals surface area (Å²) in [6.07, 6.45) is 10.7. The van der Waals surface area contributed by atoms with E-state index in [2.05, 4.69) is 31.7 Å². The Morgan fingerprint density at radius 2 is 2.29 bits per heavy atom. The van der Waals surface area contributed by atoms with Gasteiger partial charge in [0.15, 0.2) is 17.5 Å². The molecule has 38 heavy (non-hydrogen) atoms. The lowest BCUT2D eigenvalue weighted by Crippen LogP contribution is -2.71. The number of anilines is 1. The summed E-state index contributed by atoms with van der Waals surface area (Å²) >= 11 is 3.58. The minimum absolute atomic E-state index is 0.0963. The molecule has 2 aromatic rings. The molecule has 0 aromatic carbocycles. The predicted molar refractivity (Wildman–Crippen MR) is 144 cm³/mol. The van der Waals surface area contributed by atoms with Crippen molar-refractivity contribution < 1.29 is 29.1 Å². The zero-order chi connectivity index (χ0) is 27.1. The number of aliphatic carboxylic acids is 1. The Labute approximate surface area is 228 Å². The van der Waals surface area contributed by atoms with E-state index in [0.29, 0.717) is 17.1 Å². The van der Waals surface area contributed by atoms with E-state index in [9.17, 15) is 24.3 Å². The summed E-state index contributed by atoms with van der Waals surface area (Å²) < 4.78 is 0. The molecular formula is C23H18N6O6S3. The molecule has 3 N–H and O–H groups in total. The summed E-state index contributed by atoms with van der Waals surface area (Å²) in [4.78, 5) is 63.6. The molecule has 3 amide bonds. The van der Waals surface area contributed by atoms with Crippen LogP contribution >= 0.6 is 34.9 Å². The van der Waals surface area contributed by atoms with E-state index in [0.717, 1.165) is 16.9 Å². The van der Waals surface area contributed by atoms with Crippen molar-refractivity contribution in [2.75, 3.05) is 17.7 Å². The van der Waals surface area contributed by atoms with Crippen LogP contribution in [-0.4, -0.2) is 73.7 Å². The lowest BCUT2D eigenvalue weighted by molar-refractivity contribution is -0.150. The second-order valence-corrected chi connectivity index (χ2v) is 10.3. The van der Waals surface area contributed by atoms with Gasteiger partial charge in [0.05, 0.1) is 0 Å². The van der Waals surface area contributed by atoms with Crippen LogP contribution in [0, 0.1) is 12.3 Å². The molecule has 2 aliphatic heterocycles. The Morgan fingerprint density at radius 3 is 3.00 bits per heavy atom. The topological polar surface area (TPSA) is 163 Å². The maximum absolute atomic E-state index is 13.1. The van der Waals surface area contributed by atoms with E-state index in [-0.39, 0.29) is 28.8 Å². The second kappa shape index (κ2) is 12.4. The molecule has 2 aromatic heterocycles.